The summed E-state index contributed by atoms with van der Waals surface area (Å²) >= 11 is 0. The number of benzene rings is 2. The molecular formula is C26H27N5O5. The molecule has 0 atom stereocenters. The predicted octanol–water partition coefficient (Wildman–Crippen LogP) is 4.12. The number of carbonyl (C=O) groups is 1. The minimum atomic E-state index is -0.470. The molecule has 10 heteroatoms. The van der Waals surface area contributed by atoms with Gasteiger partial charge < -0.3 is 18.9 Å². The van der Waals surface area contributed by atoms with E-state index < -0.39 is 4.92 Å². The van der Waals surface area contributed by atoms with E-state index >= 15 is 0 Å². The zero-order valence-corrected chi connectivity index (χ0v) is 20.5. The van der Waals surface area contributed by atoms with E-state index in [4.69, 9.17) is 9.47 Å². The second-order valence-electron chi connectivity index (χ2n) is 8.27. The molecule has 10 nitrogen and oxygen atoms in total. The summed E-state index contributed by atoms with van der Waals surface area (Å²) < 4.78 is 14.0. The van der Waals surface area contributed by atoms with Gasteiger partial charge >= 0.3 is 0 Å². The van der Waals surface area contributed by atoms with Crippen molar-refractivity contribution in [3.05, 3.63) is 88.2 Å². The molecule has 0 bridgehead atoms. The van der Waals surface area contributed by atoms with Gasteiger partial charge in [-0.15, -0.1) is 0 Å². The van der Waals surface area contributed by atoms with E-state index in [9.17, 15) is 14.9 Å². The van der Waals surface area contributed by atoms with Crippen LogP contribution in [-0.2, 0) is 13.5 Å². The van der Waals surface area contributed by atoms with Crippen molar-refractivity contribution < 1.29 is 19.2 Å². The van der Waals surface area contributed by atoms with Crippen LogP contribution in [0.3, 0.4) is 0 Å². The number of nitro groups is 1. The summed E-state index contributed by atoms with van der Waals surface area (Å²) in [6.07, 6.45) is 2.48. The predicted molar refractivity (Wildman–Crippen MR) is 135 cm³/mol. The molecule has 4 aromatic rings. The van der Waals surface area contributed by atoms with Gasteiger partial charge in [0.05, 0.1) is 30.5 Å². The number of hydrogen-bond donors (Lipinski definition) is 0. The third-order valence-electron chi connectivity index (χ3n) is 5.95. The molecule has 0 saturated heterocycles. The first-order chi connectivity index (χ1) is 17.3. The highest BCUT2D eigenvalue weighted by Crippen LogP contribution is 2.28. The number of amides is 1. The molecule has 2 heterocycles. The number of rotatable bonds is 9. The fourth-order valence-corrected chi connectivity index (χ4v) is 3.95. The summed E-state index contributed by atoms with van der Waals surface area (Å²) in [6, 6.07) is 17.2. The Morgan fingerprint density at radius 3 is 2.50 bits per heavy atom. The third kappa shape index (κ3) is 4.92. The Bertz CT molecular complexity index is 1410. The minimum Gasteiger partial charge on any atom is -0.493 e. The van der Waals surface area contributed by atoms with Crippen LogP contribution in [0.2, 0.25) is 0 Å². The Balaban J connectivity index is 1.64. The Kier molecular flexibility index (Phi) is 7.05. The van der Waals surface area contributed by atoms with Gasteiger partial charge in [0.25, 0.3) is 11.6 Å². The lowest BCUT2D eigenvalue weighted by atomic mass is 10.1. The fourth-order valence-electron chi connectivity index (χ4n) is 3.95. The van der Waals surface area contributed by atoms with Crippen molar-refractivity contribution in [2.75, 3.05) is 27.8 Å². The van der Waals surface area contributed by atoms with Gasteiger partial charge in [0.15, 0.2) is 11.5 Å². The van der Waals surface area contributed by atoms with Crippen molar-refractivity contribution in [2.24, 2.45) is 7.05 Å². The number of ether oxygens (including phenoxy) is 2. The van der Waals surface area contributed by atoms with E-state index in [2.05, 4.69) is 5.10 Å². The van der Waals surface area contributed by atoms with Crippen molar-refractivity contribution in [1.29, 1.82) is 0 Å². The van der Waals surface area contributed by atoms with Gasteiger partial charge in [0, 0.05) is 39.0 Å². The summed E-state index contributed by atoms with van der Waals surface area (Å²) in [7, 11) is 6.77. The molecule has 4 rings (SSSR count). The number of aryl methyl sites for hydroxylation is 1. The maximum atomic E-state index is 13.5. The first kappa shape index (κ1) is 24.5. The van der Waals surface area contributed by atoms with Gasteiger partial charge in [0.2, 0.25) is 0 Å². The third-order valence-corrected chi connectivity index (χ3v) is 5.95. The van der Waals surface area contributed by atoms with Gasteiger partial charge in [-0.05, 0) is 48.4 Å². The van der Waals surface area contributed by atoms with E-state index in [1.54, 1.807) is 44.4 Å². The van der Waals surface area contributed by atoms with Crippen LogP contribution in [0.25, 0.3) is 17.1 Å². The molecule has 0 radical (unpaired) electrons. The highest BCUT2D eigenvalue weighted by atomic mass is 16.6. The van der Waals surface area contributed by atoms with Gasteiger partial charge in [-0.25, -0.2) is 4.68 Å². The zero-order chi connectivity index (χ0) is 25.8. The van der Waals surface area contributed by atoms with E-state index in [1.165, 1.54) is 16.8 Å². The maximum absolute atomic E-state index is 13.5. The number of hydrogen-bond acceptors (Lipinski definition) is 6. The number of likely N-dealkylation sites (N-methyl/N-ethyl adjacent to an activating group) is 1. The number of aromatic nitrogens is 3. The summed E-state index contributed by atoms with van der Waals surface area (Å²) in [5.41, 5.74) is 3.06. The maximum Gasteiger partial charge on any atom is 0.272 e. The van der Waals surface area contributed by atoms with Crippen LogP contribution in [0, 0.1) is 10.1 Å². The molecule has 0 saturated carbocycles. The topological polar surface area (TPSA) is 105 Å². The standard InChI is InChI=1S/C26H27N5O5/c1-28-13-6-9-22(28)21-17-23(30(27-21)19-7-5-8-20(16-19)31(33)34)26(32)29(2)14-12-18-10-11-24(35-3)25(15-18)36-4/h5-11,13,15-17H,12,14H2,1-4H3. The van der Waals surface area contributed by atoms with E-state index in [-0.39, 0.29) is 11.6 Å². The molecule has 2 aromatic carbocycles. The summed E-state index contributed by atoms with van der Waals surface area (Å²) in [5, 5.41) is 16.0. The number of carbonyl (C=O) groups excluding carboxylic acids is 1. The normalized spacial score (nSPS) is 10.8. The molecule has 0 aliphatic rings. The van der Waals surface area contributed by atoms with Crippen molar-refractivity contribution in [2.45, 2.75) is 6.42 Å². The Morgan fingerprint density at radius 2 is 1.83 bits per heavy atom. The number of nitrogens with zero attached hydrogens (tertiary/aromatic N) is 5. The quantitative estimate of drug-likeness (QED) is 0.259. The SMILES string of the molecule is COc1ccc(CCN(C)C(=O)c2cc(-c3cccn3C)nn2-c2cccc([N+](=O)[O-])c2)cc1OC. The van der Waals surface area contributed by atoms with Crippen molar-refractivity contribution in [1.82, 2.24) is 19.2 Å². The first-order valence-corrected chi connectivity index (χ1v) is 11.3. The Labute approximate surface area is 208 Å². The molecule has 36 heavy (non-hydrogen) atoms. The lowest BCUT2D eigenvalue weighted by Gasteiger charge is -2.18. The van der Waals surface area contributed by atoms with E-state index in [0.717, 1.165) is 11.3 Å². The summed E-state index contributed by atoms with van der Waals surface area (Å²) in [5.74, 6) is 1.01. The molecule has 2 aromatic heterocycles. The highest BCUT2D eigenvalue weighted by molar-refractivity contribution is 5.94. The van der Waals surface area contributed by atoms with Crippen molar-refractivity contribution in [3.63, 3.8) is 0 Å². The van der Waals surface area contributed by atoms with Crippen LogP contribution in [0.1, 0.15) is 16.1 Å². The van der Waals surface area contributed by atoms with Crippen LogP contribution < -0.4 is 9.47 Å². The molecule has 1 amide bonds. The smallest absolute Gasteiger partial charge is 0.272 e. The first-order valence-electron chi connectivity index (χ1n) is 11.3. The molecule has 0 unspecified atom stereocenters. The fraction of sp³-hybridized carbons (Fsp3) is 0.231. The van der Waals surface area contributed by atoms with Gasteiger partial charge in [-0.3, -0.25) is 14.9 Å². The van der Waals surface area contributed by atoms with Gasteiger partial charge in [0.1, 0.15) is 11.4 Å². The summed E-state index contributed by atoms with van der Waals surface area (Å²) in [6.45, 7) is 0.438. The van der Waals surface area contributed by atoms with Crippen molar-refractivity contribution >= 4 is 11.6 Å². The number of nitro benzene ring substituents is 1. The number of non-ortho nitro benzene ring substituents is 1. The van der Waals surface area contributed by atoms with E-state index in [0.29, 0.717) is 41.5 Å². The lowest BCUT2D eigenvalue weighted by molar-refractivity contribution is -0.384. The van der Waals surface area contributed by atoms with Gasteiger partial charge in [-0.1, -0.05) is 12.1 Å². The highest BCUT2D eigenvalue weighted by Gasteiger charge is 2.22. The Morgan fingerprint density at radius 1 is 1.06 bits per heavy atom. The molecule has 186 valence electrons. The average Bonchev–Trinajstić information content (AvgIpc) is 3.52. The Hall–Kier alpha value is -4.60. The van der Waals surface area contributed by atoms with Crippen LogP contribution in [0.5, 0.6) is 11.5 Å². The molecule has 0 fully saturated rings. The second kappa shape index (κ2) is 10.3. The molecule has 0 N–H and O–H groups in total. The average molecular weight is 490 g/mol. The van der Waals surface area contributed by atoms with Crippen LogP contribution >= 0.6 is 0 Å². The summed E-state index contributed by atoms with van der Waals surface area (Å²) in [4.78, 5) is 26.0. The lowest BCUT2D eigenvalue weighted by Crippen LogP contribution is -2.30. The van der Waals surface area contributed by atoms with Gasteiger partial charge in [-0.2, -0.15) is 5.10 Å². The molecular weight excluding hydrogens is 462 g/mol. The van der Waals surface area contributed by atoms with Crippen LogP contribution in [0.15, 0.2) is 66.9 Å². The molecule has 0 aliphatic carbocycles. The largest absolute Gasteiger partial charge is 0.493 e. The minimum absolute atomic E-state index is 0.0800. The van der Waals surface area contributed by atoms with Crippen LogP contribution in [-0.4, -0.2) is 57.9 Å². The monoisotopic (exact) mass is 489 g/mol. The number of methoxy groups -OCH3 is 2. The second-order valence-corrected chi connectivity index (χ2v) is 8.27. The zero-order valence-electron chi connectivity index (χ0n) is 20.5. The van der Waals surface area contributed by atoms with Crippen molar-refractivity contribution in [3.8, 4) is 28.6 Å². The molecule has 0 aliphatic heterocycles. The van der Waals surface area contributed by atoms with Crippen LogP contribution in [0.4, 0.5) is 5.69 Å². The molecule has 0 spiro atoms. The van der Waals surface area contributed by atoms with E-state index in [1.807, 2.05) is 48.1 Å².